The molecule has 1 aromatic rings. The number of rotatable bonds is 26. The molecule has 226 valence electrons. The number of unbranched alkanes of at least 4 members (excludes halogenated alkanes) is 18. The average Bonchev–Trinajstić information content (AvgIpc) is 2.93. The normalized spacial score (nSPS) is 12.2. The molecular weight excluding hydrogens is 632 g/mol. The molecule has 0 heterocycles. The zero-order chi connectivity index (χ0) is 27.7. The van der Waals surface area contributed by atoms with Crippen LogP contribution in [0.1, 0.15) is 148 Å². The van der Waals surface area contributed by atoms with E-state index in [0.29, 0.717) is 0 Å². The summed E-state index contributed by atoms with van der Waals surface area (Å²) in [5, 5.41) is 0.820. The van der Waals surface area contributed by atoms with Gasteiger partial charge in [-0.3, -0.25) is 0 Å². The topological polar surface area (TPSA) is 0 Å². The van der Waals surface area contributed by atoms with Crippen LogP contribution in [0.25, 0.3) is 0 Å². The summed E-state index contributed by atoms with van der Waals surface area (Å²) in [5.41, 5.74) is 1.38. The number of benzene rings is 1. The van der Waals surface area contributed by atoms with E-state index in [9.17, 15) is 0 Å². The van der Waals surface area contributed by atoms with E-state index in [1.165, 1.54) is 147 Å². The first-order valence-electron chi connectivity index (χ1n) is 16.3. The molecule has 0 fully saturated rings. The Morgan fingerprint density at radius 1 is 0.641 bits per heavy atom. The summed E-state index contributed by atoms with van der Waals surface area (Å²) >= 11 is 8.71. The van der Waals surface area contributed by atoms with E-state index < -0.39 is 0 Å². The molecule has 39 heavy (non-hydrogen) atoms. The van der Waals surface area contributed by atoms with Gasteiger partial charge in [0.1, 0.15) is 0 Å². The molecule has 0 saturated carbocycles. The van der Waals surface area contributed by atoms with Crippen molar-refractivity contribution in [3.05, 3.63) is 34.9 Å². The van der Waals surface area contributed by atoms with Crippen LogP contribution < -0.4 is 12.4 Å². The first kappa shape index (κ1) is 39.0. The fourth-order valence-corrected chi connectivity index (χ4v) is 6.63. The molecule has 0 radical (unpaired) electrons. The molecule has 0 aromatic heterocycles. The van der Waals surface area contributed by atoms with Gasteiger partial charge in [-0.05, 0) is 49.3 Å². The van der Waals surface area contributed by atoms with Crippen LogP contribution in [-0.4, -0.2) is 28.2 Å². The minimum atomic E-state index is 0. The van der Waals surface area contributed by atoms with E-state index in [1.54, 1.807) is 0 Å². The number of nitrogens with zero attached hydrogens (tertiary/aromatic N) is 1. The van der Waals surface area contributed by atoms with Gasteiger partial charge in [0.05, 0.1) is 19.6 Å². The van der Waals surface area contributed by atoms with Crippen molar-refractivity contribution in [2.45, 2.75) is 153 Å². The number of hydrogen-bond donors (Lipinski definition) is 0. The molecular formula is C35H60Cl2IN. The molecule has 4 heteroatoms. The summed E-state index contributed by atoms with van der Waals surface area (Å²) in [6.45, 7) is 8.17. The average molecular weight is 693 g/mol. The van der Waals surface area contributed by atoms with Crippen molar-refractivity contribution in [3.63, 3.8) is 0 Å². The zero-order valence-electron chi connectivity index (χ0n) is 25.5. The fourth-order valence-electron chi connectivity index (χ4n) is 5.66. The predicted octanol–water partition coefficient (Wildman–Crippen LogP) is 8.94. The van der Waals surface area contributed by atoms with Gasteiger partial charge in [-0.1, -0.05) is 140 Å². The lowest BCUT2D eigenvalue weighted by atomic mass is 10.0. The Morgan fingerprint density at radius 2 is 1.00 bits per heavy atom. The second-order valence-corrected chi connectivity index (χ2v) is 13.2. The number of quaternary nitrogens is 1. The van der Waals surface area contributed by atoms with E-state index in [-0.39, 0.29) is 16.5 Å². The molecule has 1 nitrogen and oxygen atoms in total. The van der Waals surface area contributed by atoms with Crippen molar-refractivity contribution in [1.29, 1.82) is 0 Å². The zero-order valence-corrected chi connectivity index (χ0v) is 29.2. The highest BCUT2D eigenvalue weighted by Crippen LogP contribution is 2.25. The Bertz CT molecular complexity index is 676. The lowest BCUT2D eigenvalue weighted by Gasteiger charge is -2.41. The van der Waals surface area contributed by atoms with Crippen LogP contribution in [-0.2, 0) is 6.42 Å². The van der Waals surface area contributed by atoms with Crippen molar-refractivity contribution >= 4 is 34.2 Å². The van der Waals surface area contributed by atoms with Crippen molar-refractivity contribution in [1.82, 2.24) is 0 Å². The maximum Gasteiger partial charge on any atom is 0.200 e. The second kappa shape index (κ2) is 26.9. The molecule has 0 amide bonds. The molecule has 0 saturated heterocycles. The predicted molar refractivity (Wildman–Crippen MR) is 180 cm³/mol. The Balaban J connectivity index is 0.0000144. The van der Waals surface area contributed by atoms with E-state index in [4.69, 9.17) is 18.0 Å². The highest BCUT2D eigenvalue weighted by Gasteiger charge is 2.33. The van der Waals surface area contributed by atoms with Gasteiger partial charge in [0.2, 0.25) is 4.05 Å². The number of terminal acetylenes is 1. The third-order valence-electron chi connectivity index (χ3n) is 8.29. The number of hydrogen-bond acceptors (Lipinski definition) is 0. The Labute approximate surface area is 269 Å². The van der Waals surface area contributed by atoms with Gasteiger partial charge in [-0.25, -0.2) is 0 Å². The van der Waals surface area contributed by atoms with Crippen LogP contribution in [0, 0.1) is 12.3 Å². The molecule has 0 aliphatic carbocycles. The maximum absolute atomic E-state index is 6.15. The van der Waals surface area contributed by atoms with Gasteiger partial charge in [0.15, 0.2) is 0 Å². The van der Waals surface area contributed by atoms with Gasteiger partial charge >= 0.3 is 0 Å². The second-order valence-electron chi connectivity index (χ2n) is 11.6. The van der Waals surface area contributed by atoms with Crippen molar-refractivity contribution < 1.29 is 16.9 Å². The molecule has 1 rings (SSSR count). The van der Waals surface area contributed by atoms with Crippen molar-refractivity contribution in [2.75, 3.05) is 19.6 Å². The smallest absolute Gasteiger partial charge is 0.200 e. The summed E-state index contributed by atoms with van der Waals surface area (Å²) in [6.07, 6.45) is 34.9. The van der Waals surface area contributed by atoms with Gasteiger partial charge in [0, 0.05) is 34.0 Å². The third-order valence-corrected chi connectivity index (χ3v) is 10.1. The maximum atomic E-state index is 6.15. The Morgan fingerprint density at radius 3 is 1.36 bits per heavy atom. The summed E-state index contributed by atoms with van der Waals surface area (Å²) in [4.78, 5) is 0. The molecule has 0 spiro atoms. The molecule has 0 aliphatic heterocycles. The number of alkyl halides is 1. The van der Waals surface area contributed by atoms with E-state index >= 15 is 0 Å². The molecule has 0 bridgehead atoms. The highest BCUT2D eigenvalue weighted by molar-refractivity contribution is 14.1. The van der Waals surface area contributed by atoms with Crippen LogP contribution in [0.15, 0.2) is 24.3 Å². The highest BCUT2D eigenvalue weighted by atomic mass is 127. The van der Waals surface area contributed by atoms with Gasteiger partial charge in [-0.15, -0.1) is 6.42 Å². The molecule has 1 atom stereocenters. The molecule has 0 aliphatic rings. The monoisotopic (exact) mass is 691 g/mol. The summed E-state index contributed by atoms with van der Waals surface area (Å²) in [5.74, 6) is 3.16. The Kier molecular flexibility index (Phi) is 27.0. The van der Waals surface area contributed by atoms with Crippen LogP contribution in [0.5, 0.6) is 0 Å². The van der Waals surface area contributed by atoms with E-state index in [0.717, 1.165) is 22.5 Å². The summed E-state index contributed by atoms with van der Waals surface area (Å²) in [6, 6.07) is 8.43. The molecule has 1 unspecified atom stereocenters. The Hall–Kier alpha value is 0.0500. The van der Waals surface area contributed by atoms with E-state index in [2.05, 4.69) is 54.5 Å². The fraction of sp³-hybridized carbons (Fsp3) is 0.771. The SMILES string of the molecule is C#CC(I)[N+](CCCCCCCCCCCC)(CCCCCCCCCCCC)CCc1ccc(Cl)cc1.[Cl-]. The van der Waals surface area contributed by atoms with Crippen molar-refractivity contribution in [3.8, 4) is 12.3 Å². The van der Waals surface area contributed by atoms with Gasteiger partial charge in [-0.2, -0.15) is 0 Å². The van der Waals surface area contributed by atoms with E-state index in [1.807, 2.05) is 12.1 Å². The minimum Gasteiger partial charge on any atom is -1.00 e. The third kappa shape index (κ3) is 19.7. The van der Waals surface area contributed by atoms with Crippen LogP contribution in [0.3, 0.4) is 0 Å². The summed E-state index contributed by atoms with van der Waals surface area (Å²) < 4.78 is 1.32. The van der Waals surface area contributed by atoms with Crippen LogP contribution in [0.2, 0.25) is 5.02 Å². The lowest BCUT2D eigenvalue weighted by Crippen LogP contribution is -3.00. The van der Waals surface area contributed by atoms with Crippen LogP contribution in [0.4, 0.5) is 0 Å². The van der Waals surface area contributed by atoms with Crippen molar-refractivity contribution in [2.24, 2.45) is 0 Å². The first-order valence-corrected chi connectivity index (χ1v) is 17.9. The number of halogens is 3. The minimum absolute atomic E-state index is 0. The lowest BCUT2D eigenvalue weighted by molar-refractivity contribution is -0.927. The van der Waals surface area contributed by atoms with Crippen LogP contribution >= 0.6 is 34.2 Å². The first-order chi connectivity index (χ1) is 18.6. The standard InChI is InChI=1S/C35H60ClIN.ClH/c1-4-7-9-11-13-15-17-19-21-23-30-38(35(37)6-3,32-29-33-25-27-34(36)28-26-33)31-24-22-20-18-16-14-12-10-8-5-2;/h3,25-28,35H,4-5,7-24,29-32H2,1-2H3;1H/q+1;/p-1. The van der Waals surface area contributed by atoms with Gasteiger partial charge < -0.3 is 16.9 Å². The molecule has 0 N–H and O–H groups in total. The summed E-state index contributed by atoms with van der Waals surface area (Å²) in [7, 11) is 0. The molecule has 1 aromatic carbocycles. The largest absolute Gasteiger partial charge is 1.00 e. The van der Waals surface area contributed by atoms with Gasteiger partial charge in [0.25, 0.3) is 0 Å². The quantitative estimate of drug-likeness (QED) is 0.0227.